The summed E-state index contributed by atoms with van der Waals surface area (Å²) >= 11 is 0. The Labute approximate surface area is 178 Å². The van der Waals surface area contributed by atoms with E-state index in [4.69, 9.17) is 4.74 Å². The first kappa shape index (κ1) is 20.9. The van der Waals surface area contributed by atoms with Gasteiger partial charge in [0, 0.05) is 26.2 Å². The van der Waals surface area contributed by atoms with E-state index >= 15 is 0 Å². The van der Waals surface area contributed by atoms with Crippen LogP contribution < -0.4 is 4.74 Å². The van der Waals surface area contributed by atoms with Crippen molar-refractivity contribution in [2.45, 2.75) is 43.6 Å². The monoisotopic (exact) mass is 428 g/mol. The molecule has 0 spiro atoms. The number of rotatable bonds is 5. The highest BCUT2D eigenvalue weighted by Crippen LogP contribution is 2.30. The third kappa shape index (κ3) is 4.23. The number of nitrogens with zero attached hydrogens (tertiary/aromatic N) is 2. The topological polar surface area (TPSA) is 66.9 Å². The van der Waals surface area contributed by atoms with Gasteiger partial charge in [0.25, 0.3) is 5.91 Å². The molecule has 1 heterocycles. The van der Waals surface area contributed by atoms with Gasteiger partial charge in [-0.25, -0.2) is 8.42 Å². The summed E-state index contributed by atoms with van der Waals surface area (Å²) in [6.07, 6.45) is 3.79. The second kappa shape index (κ2) is 8.78. The summed E-state index contributed by atoms with van der Waals surface area (Å²) in [6.45, 7) is 3.08. The van der Waals surface area contributed by atoms with Crippen molar-refractivity contribution in [2.75, 3.05) is 26.2 Å². The third-order valence-electron chi connectivity index (χ3n) is 5.94. The van der Waals surface area contributed by atoms with Crippen LogP contribution in [-0.4, -0.2) is 55.8 Å². The summed E-state index contributed by atoms with van der Waals surface area (Å²) in [5, 5.41) is 0. The van der Waals surface area contributed by atoms with Crippen molar-refractivity contribution in [3.05, 3.63) is 59.7 Å². The average molecular weight is 429 g/mol. The Morgan fingerprint density at radius 1 is 0.933 bits per heavy atom. The molecule has 1 fully saturated rings. The minimum absolute atomic E-state index is 0.0971. The van der Waals surface area contributed by atoms with E-state index in [0.29, 0.717) is 13.1 Å². The number of amides is 1. The lowest BCUT2D eigenvalue weighted by molar-refractivity contribution is -0.139. The summed E-state index contributed by atoms with van der Waals surface area (Å²) in [5.41, 5.74) is 2.54. The summed E-state index contributed by atoms with van der Waals surface area (Å²) in [4.78, 5) is 14.9. The zero-order valence-corrected chi connectivity index (χ0v) is 18.1. The predicted molar refractivity (Wildman–Crippen MR) is 115 cm³/mol. The van der Waals surface area contributed by atoms with E-state index in [2.05, 4.69) is 6.07 Å². The van der Waals surface area contributed by atoms with Crippen molar-refractivity contribution in [3.8, 4) is 5.75 Å². The molecule has 1 aliphatic carbocycles. The number of piperazine rings is 1. The van der Waals surface area contributed by atoms with E-state index in [0.717, 1.165) is 25.0 Å². The Balaban J connectivity index is 1.38. The Morgan fingerprint density at radius 2 is 1.63 bits per heavy atom. The van der Waals surface area contributed by atoms with Crippen LogP contribution in [0.4, 0.5) is 0 Å². The van der Waals surface area contributed by atoms with Gasteiger partial charge < -0.3 is 9.64 Å². The molecule has 2 aromatic rings. The minimum Gasteiger partial charge on any atom is -0.481 e. The van der Waals surface area contributed by atoms with Crippen molar-refractivity contribution < 1.29 is 17.9 Å². The van der Waals surface area contributed by atoms with Gasteiger partial charge in [0.05, 0.1) is 4.90 Å². The fourth-order valence-electron chi connectivity index (χ4n) is 4.25. The largest absolute Gasteiger partial charge is 0.481 e. The van der Waals surface area contributed by atoms with Crippen molar-refractivity contribution >= 4 is 15.9 Å². The van der Waals surface area contributed by atoms with Gasteiger partial charge >= 0.3 is 0 Å². The van der Waals surface area contributed by atoms with E-state index in [9.17, 15) is 13.2 Å². The first-order valence-electron chi connectivity index (χ1n) is 10.6. The average Bonchev–Trinajstić information content (AvgIpc) is 2.79. The molecule has 0 N–H and O–H groups in total. The number of sulfonamides is 1. The number of ether oxygens (including phenoxy) is 1. The minimum atomic E-state index is -3.53. The van der Waals surface area contributed by atoms with Crippen molar-refractivity contribution in [3.63, 3.8) is 0 Å². The molecule has 2 aromatic carbocycles. The highest BCUT2D eigenvalue weighted by atomic mass is 32.2. The van der Waals surface area contributed by atoms with Crippen molar-refractivity contribution in [2.24, 2.45) is 0 Å². The predicted octanol–water partition coefficient (Wildman–Crippen LogP) is 2.87. The van der Waals surface area contributed by atoms with Gasteiger partial charge in [-0.15, -0.1) is 0 Å². The zero-order valence-electron chi connectivity index (χ0n) is 17.3. The lowest BCUT2D eigenvalue weighted by atomic mass is 9.91. The molecule has 1 aliphatic heterocycles. The van der Waals surface area contributed by atoms with Crippen LogP contribution in [-0.2, 0) is 27.7 Å². The van der Waals surface area contributed by atoms with Crippen LogP contribution in [0.15, 0.2) is 53.4 Å². The molecule has 0 radical (unpaired) electrons. The number of carbonyl (C=O) groups is 1. The molecule has 160 valence electrons. The third-order valence-corrected chi connectivity index (χ3v) is 7.85. The summed E-state index contributed by atoms with van der Waals surface area (Å²) in [7, 11) is -3.53. The van der Waals surface area contributed by atoms with E-state index in [-0.39, 0.29) is 23.9 Å². The second-order valence-electron chi connectivity index (χ2n) is 7.90. The molecule has 1 atom stereocenters. The Morgan fingerprint density at radius 3 is 2.37 bits per heavy atom. The molecule has 30 heavy (non-hydrogen) atoms. The van der Waals surface area contributed by atoms with Crippen LogP contribution in [0.2, 0.25) is 0 Å². The Hall–Kier alpha value is -2.38. The first-order valence-corrected chi connectivity index (χ1v) is 12.0. The maximum absolute atomic E-state index is 12.9. The van der Waals surface area contributed by atoms with E-state index in [1.54, 1.807) is 42.2 Å². The summed E-state index contributed by atoms with van der Waals surface area (Å²) < 4.78 is 33.1. The molecule has 6 nitrogen and oxygen atoms in total. The van der Waals surface area contributed by atoms with E-state index in [1.807, 2.05) is 12.1 Å². The van der Waals surface area contributed by atoms with Gasteiger partial charge in [-0.2, -0.15) is 4.31 Å². The highest BCUT2D eigenvalue weighted by Gasteiger charge is 2.32. The number of benzene rings is 2. The number of hydrogen-bond acceptors (Lipinski definition) is 4. The molecule has 0 saturated carbocycles. The van der Waals surface area contributed by atoms with Gasteiger partial charge in [0.15, 0.2) is 6.10 Å². The fourth-order valence-corrected chi connectivity index (χ4v) is 5.69. The van der Waals surface area contributed by atoms with Crippen LogP contribution in [0.5, 0.6) is 5.75 Å². The summed E-state index contributed by atoms with van der Waals surface area (Å²) in [5.74, 6) is 0.707. The van der Waals surface area contributed by atoms with Gasteiger partial charge in [0.1, 0.15) is 5.75 Å². The zero-order chi connectivity index (χ0) is 21.1. The molecule has 7 heteroatoms. The number of carbonyl (C=O) groups excluding carboxylic acids is 1. The maximum atomic E-state index is 12.9. The summed E-state index contributed by atoms with van der Waals surface area (Å²) in [6, 6.07) is 14.5. The molecular weight excluding hydrogens is 400 g/mol. The van der Waals surface area contributed by atoms with Gasteiger partial charge in [-0.3, -0.25) is 4.79 Å². The highest BCUT2D eigenvalue weighted by molar-refractivity contribution is 7.89. The Kier molecular flexibility index (Phi) is 6.11. The fraction of sp³-hybridized carbons (Fsp3) is 0.435. The van der Waals surface area contributed by atoms with E-state index in [1.165, 1.54) is 21.9 Å². The van der Waals surface area contributed by atoms with Crippen molar-refractivity contribution in [1.29, 1.82) is 0 Å². The van der Waals surface area contributed by atoms with Gasteiger partial charge in [-0.05, 0) is 61.9 Å². The van der Waals surface area contributed by atoms with Crippen LogP contribution in [0, 0.1) is 0 Å². The maximum Gasteiger partial charge on any atom is 0.263 e. The molecule has 0 aromatic heterocycles. The molecule has 2 aliphatic rings. The van der Waals surface area contributed by atoms with E-state index < -0.39 is 16.1 Å². The van der Waals surface area contributed by atoms with Gasteiger partial charge in [0.2, 0.25) is 10.0 Å². The molecule has 1 saturated heterocycles. The molecule has 0 bridgehead atoms. The van der Waals surface area contributed by atoms with Crippen LogP contribution in [0.1, 0.15) is 30.9 Å². The normalized spacial score (nSPS) is 18.5. The van der Waals surface area contributed by atoms with Crippen LogP contribution in [0.25, 0.3) is 0 Å². The first-order chi connectivity index (χ1) is 14.5. The van der Waals surface area contributed by atoms with Crippen molar-refractivity contribution in [1.82, 2.24) is 9.21 Å². The standard InChI is InChI=1S/C23H28N2O4S/c1-18(29-22-13-7-9-19-8-5-6-12-21(19)22)23(26)24-14-16-25(17-15-24)30(27,28)20-10-3-2-4-11-20/h2-4,7,9-11,13,18H,5-6,8,12,14-17H2,1H3/t18-/m0/s1. The SMILES string of the molecule is C[C@H](Oc1cccc2c1CCCC2)C(=O)N1CCN(S(=O)(=O)c2ccccc2)CC1. The Bertz CT molecular complexity index is 999. The number of hydrogen-bond donors (Lipinski definition) is 0. The van der Waals surface area contributed by atoms with Crippen LogP contribution >= 0.6 is 0 Å². The molecular formula is C23H28N2O4S. The smallest absolute Gasteiger partial charge is 0.263 e. The number of fused-ring (bicyclic) bond motifs is 1. The molecule has 0 unspecified atom stereocenters. The molecule has 4 rings (SSSR count). The van der Waals surface area contributed by atoms with Gasteiger partial charge in [-0.1, -0.05) is 30.3 Å². The second-order valence-corrected chi connectivity index (χ2v) is 9.84. The van der Waals surface area contributed by atoms with Crippen LogP contribution in [0.3, 0.4) is 0 Å². The quantitative estimate of drug-likeness (QED) is 0.735. The lowest BCUT2D eigenvalue weighted by Gasteiger charge is -2.35. The lowest BCUT2D eigenvalue weighted by Crippen LogP contribution is -2.53. The molecule has 1 amide bonds. The number of aryl methyl sites for hydroxylation is 1.